The molecule has 0 amide bonds. The maximum Gasteiger partial charge on any atom is 0.159 e. The van der Waals surface area contributed by atoms with Crippen LogP contribution in [0.1, 0.15) is 132 Å². The van der Waals surface area contributed by atoms with Crippen molar-refractivity contribution in [3.8, 4) is 101 Å². The molecule has 0 unspecified atom stereocenters. The quantitative estimate of drug-likeness (QED) is 0.0664. The molecule has 0 atom stereocenters. The van der Waals surface area contributed by atoms with Crippen molar-refractivity contribution in [2.75, 3.05) is 0 Å². The standard InChI is InChI=1S/2C32H26N.C17H12N.C12H10N.C11H20O2.C5H8O2.3Ir/c2*1-20-14-21(2)16-23(15-20)30-18-25(22-10-6-5-7-11-22)27-17-26-24-12-8-9-13-28(24)32(3,4)29(26)19-31(27)33-30;1-3-7-14(8-4-1)16-11-12-17(18-13-16)15-9-5-2-6-10-15;1-10-7-8-12(13-9-10)11-5-3-2-4-6-11;1-8(2)5-10(12)7-11(13)6-9(3)4;1-4(6)3-5(2)7;;;/h2*5-15,17-19H,1-4H3;1-9,11-13H;2-5,7-9H,1H3;7-9,12H,5-6H2,1-4H3;3,6H,1-2H3;;;/q4*-1;;;;;. The number of allylic oxidation sites excluding steroid dienone is 4. The molecule has 0 bridgehead atoms. The Morgan fingerprint density at radius 2 is 0.783 bits per heavy atom. The molecule has 11 aromatic carbocycles. The molecule has 4 aromatic heterocycles. The summed E-state index contributed by atoms with van der Waals surface area (Å²) in [4.78, 5) is 40.4. The van der Waals surface area contributed by atoms with Crippen LogP contribution in [-0.4, -0.2) is 41.7 Å². The number of ketones is 2. The van der Waals surface area contributed by atoms with Crippen LogP contribution in [0, 0.1) is 70.7 Å². The van der Waals surface area contributed by atoms with Gasteiger partial charge in [0.05, 0.1) is 22.6 Å². The van der Waals surface area contributed by atoms with Gasteiger partial charge in [0.1, 0.15) is 0 Å². The molecule has 0 saturated carbocycles. The van der Waals surface area contributed by atoms with E-state index in [1.54, 1.807) is 0 Å². The third-order valence-corrected chi connectivity index (χ3v) is 20.8. The number of benzene rings is 11. The van der Waals surface area contributed by atoms with Gasteiger partial charge in [-0.3, -0.25) is 19.6 Å². The second-order valence-corrected chi connectivity index (χ2v) is 32.3. The minimum Gasteiger partial charge on any atom is -0.512 e. The molecule has 120 heavy (non-hydrogen) atoms. The predicted octanol–water partition coefficient (Wildman–Crippen LogP) is 27.8. The van der Waals surface area contributed by atoms with Crippen LogP contribution in [-0.2, 0) is 80.7 Å². The molecule has 4 heterocycles. The van der Waals surface area contributed by atoms with E-state index in [0.29, 0.717) is 24.7 Å². The predicted molar refractivity (Wildman–Crippen MR) is 486 cm³/mol. The molecule has 8 nitrogen and oxygen atoms in total. The Bertz CT molecular complexity index is 5730. The fraction of sp³-hybridized carbons (Fsp3) is 0.193. The molecule has 2 N–H and O–H groups in total. The van der Waals surface area contributed by atoms with E-state index in [2.05, 4.69) is 284 Å². The maximum absolute atomic E-state index is 11.2. The minimum atomic E-state index is -0.125. The molecular formula is C109H102Ir3N4O4-4. The van der Waals surface area contributed by atoms with Crippen LogP contribution in [0.15, 0.2) is 309 Å². The summed E-state index contributed by atoms with van der Waals surface area (Å²) in [5.41, 5.74) is 33.9. The Balaban J connectivity index is 0.000000175. The van der Waals surface area contributed by atoms with Crippen molar-refractivity contribution in [3.05, 3.63) is 383 Å². The zero-order chi connectivity index (χ0) is 83.1. The van der Waals surface area contributed by atoms with E-state index in [1.165, 1.54) is 126 Å². The number of fused-ring (bicyclic) bond motifs is 8. The molecule has 11 heteroatoms. The number of hydrogen-bond donors (Lipinski definition) is 2. The third-order valence-electron chi connectivity index (χ3n) is 20.8. The molecule has 15 aromatic rings. The van der Waals surface area contributed by atoms with E-state index < -0.39 is 0 Å². The van der Waals surface area contributed by atoms with Crippen LogP contribution < -0.4 is 0 Å². The number of hydrogen-bond acceptors (Lipinski definition) is 8. The first-order valence-electron chi connectivity index (χ1n) is 40.2. The Morgan fingerprint density at radius 3 is 1.15 bits per heavy atom. The summed E-state index contributed by atoms with van der Waals surface area (Å²) < 4.78 is 0. The first-order chi connectivity index (χ1) is 56.2. The topological polar surface area (TPSA) is 126 Å². The van der Waals surface area contributed by atoms with Gasteiger partial charge in [0.15, 0.2) is 11.6 Å². The average molecular weight is 2110 g/mol. The van der Waals surface area contributed by atoms with E-state index in [9.17, 15) is 14.7 Å². The first-order valence-corrected chi connectivity index (χ1v) is 40.2. The van der Waals surface area contributed by atoms with Gasteiger partial charge in [-0.05, 0) is 163 Å². The molecular weight excluding hydrogens is 2010 g/mol. The molecule has 17 rings (SSSR count). The van der Waals surface area contributed by atoms with Gasteiger partial charge in [-0.15, -0.1) is 142 Å². The van der Waals surface area contributed by atoms with E-state index in [1.807, 2.05) is 126 Å². The molecule has 3 radical (unpaired) electrons. The molecule has 2 aliphatic rings. The van der Waals surface area contributed by atoms with Gasteiger partial charge in [0, 0.05) is 119 Å². The van der Waals surface area contributed by atoms with Crippen molar-refractivity contribution < 1.29 is 80.1 Å². The van der Waals surface area contributed by atoms with Gasteiger partial charge in [-0.1, -0.05) is 259 Å². The minimum absolute atomic E-state index is 0. The number of aromatic nitrogens is 4. The Labute approximate surface area is 750 Å². The molecule has 0 fully saturated rings. The number of aliphatic hydroxyl groups excluding tert-OH is 2. The summed E-state index contributed by atoms with van der Waals surface area (Å²) in [5, 5.41) is 20.1. The van der Waals surface area contributed by atoms with Crippen molar-refractivity contribution in [2.45, 2.75) is 128 Å². The summed E-state index contributed by atoms with van der Waals surface area (Å²) in [7, 11) is 0. The van der Waals surface area contributed by atoms with Gasteiger partial charge in [-0.2, -0.15) is 0 Å². The number of pyridine rings is 4. The summed E-state index contributed by atoms with van der Waals surface area (Å²) in [6.07, 6.45) is 7.41. The SMILES string of the molecule is CC(=O)C=C(C)O.CC(C)CC(=O)C=C(O)CC(C)C.Cc1[c-]c(-c2cc(-c3ccccc3)c3cc4c(cc3n2)C(C)(C)c2ccccc2-4)cc(C)c1.Cc1[c-]c(-c2cc(-c3ccccc3)c3cc4c(cc3n2)C(C)(C)c2ccccc2-4)cc(C)c1.Cc1ccc(-c2[c-]cccc2)nc1.[Ir].[Ir].[Ir].[c-]1ccccc1-c1ccc(-c2ccccc2)cn1. The van der Waals surface area contributed by atoms with Crippen LogP contribution in [0.4, 0.5) is 0 Å². The number of carbonyl (C=O) groups is 2. The molecule has 0 saturated heterocycles. The Kier molecular flexibility index (Phi) is 32.6. The summed E-state index contributed by atoms with van der Waals surface area (Å²) in [6.45, 7) is 30.6. The van der Waals surface area contributed by atoms with Crippen molar-refractivity contribution in [3.63, 3.8) is 0 Å². The molecule has 0 aliphatic heterocycles. The fourth-order valence-corrected chi connectivity index (χ4v) is 15.4. The van der Waals surface area contributed by atoms with Gasteiger partial charge >= 0.3 is 0 Å². The number of aryl methyl sites for hydroxylation is 5. The Morgan fingerprint density at radius 1 is 0.375 bits per heavy atom. The number of rotatable bonds is 13. The van der Waals surface area contributed by atoms with Crippen LogP contribution in [0.2, 0.25) is 0 Å². The largest absolute Gasteiger partial charge is 0.512 e. The van der Waals surface area contributed by atoms with E-state index in [0.717, 1.165) is 72.8 Å². The monoisotopic (exact) mass is 2110 g/mol. The van der Waals surface area contributed by atoms with E-state index >= 15 is 0 Å². The number of aliphatic hydroxyl groups is 2. The second-order valence-electron chi connectivity index (χ2n) is 32.3. The van der Waals surface area contributed by atoms with Crippen LogP contribution >= 0.6 is 0 Å². The van der Waals surface area contributed by atoms with E-state index in [-0.39, 0.29) is 94.2 Å². The molecule has 2 aliphatic carbocycles. The Hall–Kier alpha value is -11.1. The van der Waals surface area contributed by atoms with Crippen LogP contribution in [0.3, 0.4) is 0 Å². The van der Waals surface area contributed by atoms with Gasteiger partial charge in [0.2, 0.25) is 0 Å². The van der Waals surface area contributed by atoms with Gasteiger partial charge in [-0.25, -0.2) is 0 Å². The van der Waals surface area contributed by atoms with Crippen molar-refractivity contribution in [2.24, 2.45) is 11.8 Å². The summed E-state index contributed by atoms with van der Waals surface area (Å²) in [5.74, 6) is 0.917. The maximum atomic E-state index is 11.2. The van der Waals surface area contributed by atoms with Crippen LogP contribution in [0.5, 0.6) is 0 Å². The zero-order valence-electron chi connectivity index (χ0n) is 70.9. The van der Waals surface area contributed by atoms with Gasteiger partial charge < -0.3 is 20.2 Å². The van der Waals surface area contributed by atoms with Crippen molar-refractivity contribution >= 4 is 33.4 Å². The average Bonchev–Trinajstić information content (AvgIpc) is 1.55. The first kappa shape index (κ1) is 92.8. The second kappa shape index (κ2) is 42.2. The van der Waals surface area contributed by atoms with Crippen molar-refractivity contribution in [1.82, 2.24) is 19.9 Å². The third kappa shape index (κ3) is 23.3. The van der Waals surface area contributed by atoms with Gasteiger partial charge in [0.25, 0.3) is 0 Å². The zero-order valence-corrected chi connectivity index (χ0v) is 78.0. The van der Waals surface area contributed by atoms with Crippen molar-refractivity contribution in [1.29, 1.82) is 0 Å². The summed E-state index contributed by atoms with van der Waals surface area (Å²) >= 11 is 0. The fourth-order valence-electron chi connectivity index (χ4n) is 15.4. The normalized spacial score (nSPS) is 12.2. The van der Waals surface area contributed by atoms with Crippen LogP contribution in [0.25, 0.3) is 122 Å². The summed E-state index contributed by atoms with van der Waals surface area (Å²) in [6, 6.07) is 109. The molecule has 0 spiro atoms. The molecule has 613 valence electrons. The number of nitrogens with zero attached hydrogens (tertiary/aromatic N) is 4. The smallest absolute Gasteiger partial charge is 0.159 e. The van der Waals surface area contributed by atoms with E-state index in [4.69, 9.17) is 15.1 Å². The number of carbonyl (C=O) groups excluding carboxylic acids is 2.